The quantitative estimate of drug-likeness (QED) is 0.468. The van der Waals surface area contributed by atoms with Gasteiger partial charge in [-0.25, -0.2) is 4.39 Å². The molecule has 0 amide bonds. The number of ether oxygens (including phenoxy) is 1. The molecule has 4 nitrogen and oxygen atoms in total. The molecule has 0 heterocycles. The molecule has 0 bridgehead atoms. The van der Waals surface area contributed by atoms with E-state index in [9.17, 15) is 4.39 Å². The fourth-order valence-electron chi connectivity index (χ4n) is 1.93. The van der Waals surface area contributed by atoms with Crippen LogP contribution in [0, 0.1) is 5.82 Å². The molecule has 1 atom stereocenters. The zero-order valence-corrected chi connectivity index (χ0v) is 12.4. The molecule has 2 N–H and O–H groups in total. The minimum atomic E-state index is -0.261. The van der Waals surface area contributed by atoms with Crippen molar-refractivity contribution in [3.63, 3.8) is 0 Å². The number of hydrogen-bond donors (Lipinski definition) is 2. The molecule has 0 aliphatic rings. The third-order valence-corrected chi connectivity index (χ3v) is 3.14. The van der Waals surface area contributed by atoms with E-state index in [1.54, 1.807) is 6.07 Å². The lowest BCUT2D eigenvalue weighted by Gasteiger charge is -2.10. The number of benzene rings is 2. The lowest BCUT2D eigenvalue weighted by atomic mass is 10.2. The van der Waals surface area contributed by atoms with Crippen LogP contribution in [0.25, 0.3) is 0 Å². The third kappa shape index (κ3) is 5.18. The van der Waals surface area contributed by atoms with Gasteiger partial charge >= 0.3 is 0 Å². The number of nitrogens with zero attached hydrogens (tertiary/aromatic N) is 1. The molecular weight excluding hydrogens is 283 g/mol. The minimum absolute atomic E-state index is 0.00564. The molecule has 0 saturated carbocycles. The first-order valence-corrected chi connectivity index (χ1v) is 7.04. The highest BCUT2D eigenvalue weighted by Gasteiger charge is 2.00. The molecule has 2 rings (SSSR count). The van der Waals surface area contributed by atoms with Crippen molar-refractivity contribution in [3.05, 3.63) is 65.5 Å². The fraction of sp³-hybridized carbons (Fsp3) is 0.235. The summed E-state index contributed by atoms with van der Waals surface area (Å²) in [5.41, 5.74) is 1.89. The molecule has 116 valence electrons. The van der Waals surface area contributed by atoms with E-state index in [1.165, 1.54) is 18.3 Å². The Balaban J connectivity index is 1.84. The van der Waals surface area contributed by atoms with Crippen LogP contribution < -0.4 is 10.1 Å². The van der Waals surface area contributed by atoms with E-state index in [0.717, 1.165) is 16.9 Å². The maximum atomic E-state index is 13.1. The second-order valence-electron chi connectivity index (χ2n) is 5.00. The molecule has 0 unspecified atom stereocenters. The van der Waals surface area contributed by atoms with Gasteiger partial charge in [-0.3, -0.25) is 0 Å². The molecule has 22 heavy (non-hydrogen) atoms. The Morgan fingerprint density at radius 1 is 1.23 bits per heavy atom. The largest absolute Gasteiger partial charge is 0.489 e. The van der Waals surface area contributed by atoms with Crippen molar-refractivity contribution in [2.24, 2.45) is 5.16 Å². The van der Waals surface area contributed by atoms with Crippen LogP contribution in [0.15, 0.2) is 53.7 Å². The first-order valence-electron chi connectivity index (χ1n) is 7.04. The van der Waals surface area contributed by atoms with Crippen LogP contribution in [0.2, 0.25) is 0 Å². The summed E-state index contributed by atoms with van der Waals surface area (Å²) in [6, 6.07) is 14.0. The lowest BCUT2D eigenvalue weighted by molar-refractivity contribution is 0.305. The molecule has 0 aliphatic heterocycles. The van der Waals surface area contributed by atoms with Gasteiger partial charge in [0.05, 0.1) is 6.21 Å². The van der Waals surface area contributed by atoms with E-state index in [-0.39, 0.29) is 11.9 Å². The summed E-state index contributed by atoms with van der Waals surface area (Å²) in [7, 11) is 0. The zero-order chi connectivity index (χ0) is 15.8. The van der Waals surface area contributed by atoms with Crippen molar-refractivity contribution in [2.75, 3.05) is 0 Å². The summed E-state index contributed by atoms with van der Waals surface area (Å²) >= 11 is 0. The minimum Gasteiger partial charge on any atom is -0.489 e. The highest BCUT2D eigenvalue weighted by atomic mass is 19.1. The van der Waals surface area contributed by atoms with Crippen molar-refractivity contribution < 1.29 is 14.3 Å². The smallest absolute Gasteiger partial charge is 0.123 e. The van der Waals surface area contributed by atoms with E-state index < -0.39 is 0 Å². The molecule has 2 aromatic carbocycles. The maximum absolute atomic E-state index is 13.1. The van der Waals surface area contributed by atoms with Crippen LogP contribution in [-0.2, 0) is 13.2 Å². The van der Waals surface area contributed by atoms with Crippen LogP contribution in [0.4, 0.5) is 4.39 Å². The average Bonchev–Trinajstić information content (AvgIpc) is 2.52. The normalized spacial score (nSPS) is 12.5. The second kappa shape index (κ2) is 8.14. The van der Waals surface area contributed by atoms with E-state index in [2.05, 4.69) is 10.5 Å². The van der Waals surface area contributed by atoms with Crippen molar-refractivity contribution >= 4 is 6.21 Å². The van der Waals surface area contributed by atoms with E-state index in [0.29, 0.717) is 13.2 Å². The van der Waals surface area contributed by atoms with Crippen molar-refractivity contribution in [3.8, 4) is 5.75 Å². The number of rotatable bonds is 7. The van der Waals surface area contributed by atoms with Crippen LogP contribution in [-0.4, -0.2) is 17.5 Å². The van der Waals surface area contributed by atoms with E-state index in [4.69, 9.17) is 9.94 Å². The maximum Gasteiger partial charge on any atom is 0.123 e. The predicted octanol–water partition coefficient (Wildman–Crippen LogP) is 3.34. The Kier molecular flexibility index (Phi) is 5.91. The van der Waals surface area contributed by atoms with Gasteiger partial charge in [0.15, 0.2) is 0 Å². The Hall–Kier alpha value is -2.40. The standard InChI is InChI=1S/C17H19FN2O2/c1-13(10-20-21)19-11-14-5-7-17(8-6-14)22-12-15-3-2-4-16(18)9-15/h2-10,13,19,21H,11-12H2,1H3/b20-10-/t13-/m0/s1. The first kappa shape index (κ1) is 16.0. The predicted molar refractivity (Wildman–Crippen MR) is 83.8 cm³/mol. The highest BCUT2D eigenvalue weighted by molar-refractivity contribution is 5.62. The Bertz CT molecular complexity index is 614. The Labute approximate surface area is 129 Å². The lowest BCUT2D eigenvalue weighted by Crippen LogP contribution is -2.26. The van der Waals surface area contributed by atoms with Gasteiger partial charge in [-0.05, 0) is 42.3 Å². The molecule has 0 aliphatic carbocycles. The van der Waals surface area contributed by atoms with E-state index in [1.807, 2.05) is 37.3 Å². The number of oxime groups is 1. The SMILES string of the molecule is C[C@@H](/C=N\O)NCc1ccc(OCc2cccc(F)c2)cc1. The van der Waals surface area contributed by atoms with Gasteiger partial charge in [-0.2, -0.15) is 0 Å². The van der Waals surface area contributed by atoms with E-state index >= 15 is 0 Å². The van der Waals surface area contributed by atoms with Crippen molar-refractivity contribution in [1.82, 2.24) is 5.32 Å². The molecule has 0 fully saturated rings. The van der Waals surface area contributed by atoms with Gasteiger partial charge in [0, 0.05) is 12.6 Å². The van der Waals surface area contributed by atoms with Crippen LogP contribution in [0.1, 0.15) is 18.1 Å². The van der Waals surface area contributed by atoms with Gasteiger partial charge in [0.2, 0.25) is 0 Å². The monoisotopic (exact) mass is 302 g/mol. The van der Waals surface area contributed by atoms with Gasteiger partial charge in [0.1, 0.15) is 18.2 Å². The summed E-state index contributed by atoms with van der Waals surface area (Å²) < 4.78 is 18.7. The average molecular weight is 302 g/mol. The molecule has 0 saturated heterocycles. The summed E-state index contributed by atoms with van der Waals surface area (Å²) in [5.74, 6) is 0.473. The summed E-state index contributed by atoms with van der Waals surface area (Å²) in [6.45, 7) is 2.90. The number of nitrogens with one attached hydrogen (secondary N) is 1. The van der Waals surface area contributed by atoms with Crippen molar-refractivity contribution in [1.29, 1.82) is 0 Å². The molecule has 0 radical (unpaired) electrons. The summed E-state index contributed by atoms with van der Waals surface area (Å²) in [6.07, 6.45) is 1.43. The van der Waals surface area contributed by atoms with Crippen LogP contribution >= 0.6 is 0 Å². The number of hydrogen-bond acceptors (Lipinski definition) is 4. The Morgan fingerprint density at radius 2 is 2.00 bits per heavy atom. The van der Waals surface area contributed by atoms with Gasteiger partial charge in [0.25, 0.3) is 0 Å². The third-order valence-electron chi connectivity index (χ3n) is 3.14. The second-order valence-corrected chi connectivity index (χ2v) is 5.00. The van der Waals surface area contributed by atoms with Gasteiger partial charge in [-0.1, -0.05) is 24.3 Å². The molecule has 2 aromatic rings. The van der Waals surface area contributed by atoms with Gasteiger partial charge in [-0.15, -0.1) is 5.16 Å². The molecule has 0 aromatic heterocycles. The summed E-state index contributed by atoms with van der Waals surface area (Å²) in [4.78, 5) is 0. The highest BCUT2D eigenvalue weighted by Crippen LogP contribution is 2.14. The molecule has 0 spiro atoms. The Morgan fingerprint density at radius 3 is 2.68 bits per heavy atom. The van der Waals surface area contributed by atoms with Crippen LogP contribution in [0.3, 0.4) is 0 Å². The molecular formula is C17H19FN2O2. The summed E-state index contributed by atoms with van der Waals surface area (Å²) in [5, 5.41) is 14.6. The van der Waals surface area contributed by atoms with Crippen molar-refractivity contribution in [2.45, 2.75) is 26.1 Å². The fourth-order valence-corrected chi connectivity index (χ4v) is 1.93. The van der Waals surface area contributed by atoms with Gasteiger partial charge < -0.3 is 15.3 Å². The molecule has 5 heteroatoms. The van der Waals surface area contributed by atoms with Crippen LogP contribution in [0.5, 0.6) is 5.75 Å². The zero-order valence-electron chi connectivity index (χ0n) is 12.4. The topological polar surface area (TPSA) is 53.9 Å². The first-order chi connectivity index (χ1) is 10.7. The number of halogens is 1.